The van der Waals surface area contributed by atoms with Gasteiger partial charge in [-0.1, -0.05) is 12.1 Å². The van der Waals surface area contributed by atoms with Crippen molar-refractivity contribution in [1.82, 2.24) is 4.90 Å². The molecule has 1 aliphatic heterocycles. The molecule has 1 aliphatic rings. The van der Waals surface area contributed by atoms with Crippen LogP contribution in [0.2, 0.25) is 0 Å². The van der Waals surface area contributed by atoms with Crippen molar-refractivity contribution in [3.05, 3.63) is 0 Å². The molecule has 3 N–H and O–H groups in total. The minimum atomic E-state index is -0.0515. The Morgan fingerprint density at radius 1 is 1.60 bits per heavy atom. The van der Waals surface area contributed by atoms with Crippen molar-refractivity contribution >= 4 is 11.7 Å². The third kappa shape index (κ3) is 2.84. The Morgan fingerprint density at radius 2 is 2.27 bits per heavy atom. The molecule has 0 bridgehead atoms. The van der Waals surface area contributed by atoms with Crippen LogP contribution in [0.25, 0.3) is 0 Å². The number of carbonyl (C=O) groups excluding carboxylic acids is 1. The number of hydrogen-bond acceptors (Lipinski definition) is 3. The summed E-state index contributed by atoms with van der Waals surface area (Å²) in [5.74, 6) is 0.449. The predicted molar refractivity (Wildman–Crippen MR) is 57.6 cm³/mol. The van der Waals surface area contributed by atoms with Gasteiger partial charge in [0.25, 0.3) is 0 Å². The number of oxime groups is 1. The minimum absolute atomic E-state index is 0.00750. The molecule has 0 aromatic rings. The molecule has 5 heteroatoms. The average Bonchev–Trinajstić information content (AvgIpc) is 2.21. The third-order valence-electron chi connectivity index (χ3n) is 3.15. The van der Waals surface area contributed by atoms with E-state index in [0.717, 1.165) is 19.4 Å². The molecule has 0 radical (unpaired) electrons. The standard InChI is InChI=1S/C10H19N3O2/c1-7-4-3-5-13(8(7)2)10(14)6-9(11)12-15/h7-8,15H,3-6H2,1-2H3,(H2,11,12). The van der Waals surface area contributed by atoms with Crippen LogP contribution in [0.1, 0.15) is 33.1 Å². The van der Waals surface area contributed by atoms with Crippen molar-refractivity contribution in [3.63, 3.8) is 0 Å². The van der Waals surface area contributed by atoms with Gasteiger partial charge in [-0.3, -0.25) is 4.79 Å². The topological polar surface area (TPSA) is 78.9 Å². The molecule has 1 saturated heterocycles. The monoisotopic (exact) mass is 213 g/mol. The van der Waals surface area contributed by atoms with E-state index in [9.17, 15) is 4.79 Å². The zero-order chi connectivity index (χ0) is 11.4. The van der Waals surface area contributed by atoms with Crippen LogP contribution >= 0.6 is 0 Å². The van der Waals surface area contributed by atoms with E-state index in [1.54, 1.807) is 0 Å². The van der Waals surface area contributed by atoms with Gasteiger partial charge in [-0.25, -0.2) is 0 Å². The number of hydrogen-bond donors (Lipinski definition) is 2. The van der Waals surface area contributed by atoms with E-state index in [4.69, 9.17) is 10.9 Å². The van der Waals surface area contributed by atoms with E-state index in [1.807, 2.05) is 11.8 Å². The summed E-state index contributed by atoms with van der Waals surface area (Å²) in [5, 5.41) is 11.2. The highest BCUT2D eigenvalue weighted by atomic mass is 16.4. The summed E-state index contributed by atoms with van der Waals surface area (Å²) < 4.78 is 0. The summed E-state index contributed by atoms with van der Waals surface area (Å²) in [6.45, 7) is 4.98. The van der Waals surface area contributed by atoms with Crippen molar-refractivity contribution < 1.29 is 10.0 Å². The van der Waals surface area contributed by atoms with Crippen molar-refractivity contribution in [2.45, 2.75) is 39.2 Å². The largest absolute Gasteiger partial charge is 0.409 e. The molecule has 0 spiro atoms. The maximum absolute atomic E-state index is 11.8. The molecule has 86 valence electrons. The zero-order valence-corrected chi connectivity index (χ0v) is 9.31. The van der Waals surface area contributed by atoms with Gasteiger partial charge in [0, 0.05) is 12.6 Å². The Hall–Kier alpha value is -1.26. The van der Waals surface area contributed by atoms with Crippen molar-refractivity contribution in [1.29, 1.82) is 0 Å². The van der Waals surface area contributed by atoms with Gasteiger partial charge in [0.1, 0.15) is 5.84 Å². The second kappa shape index (κ2) is 5.00. The van der Waals surface area contributed by atoms with Gasteiger partial charge in [0.05, 0.1) is 6.42 Å². The van der Waals surface area contributed by atoms with Gasteiger partial charge in [-0.05, 0) is 25.7 Å². The van der Waals surface area contributed by atoms with Gasteiger partial charge < -0.3 is 15.8 Å². The smallest absolute Gasteiger partial charge is 0.230 e. The van der Waals surface area contributed by atoms with Crippen molar-refractivity contribution in [2.24, 2.45) is 16.8 Å². The molecule has 1 amide bonds. The molecule has 0 saturated carbocycles. The number of piperidine rings is 1. The van der Waals surface area contributed by atoms with Crippen molar-refractivity contribution in [3.8, 4) is 0 Å². The third-order valence-corrected chi connectivity index (χ3v) is 3.15. The molecule has 5 nitrogen and oxygen atoms in total. The summed E-state index contributed by atoms with van der Waals surface area (Å²) in [4.78, 5) is 13.6. The van der Waals surface area contributed by atoms with Crippen LogP contribution in [0, 0.1) is 5.92 Å². The lowest BCUT2D eigenvalue weighted by molar-refractivity contribution is -0.134. The predicted octanol–water partition coefficient (Wildman–Crippen LogP) is 0.770. The second-order valence-electron chi connectivity index (χ2n) is 4.22. The lowest BCUT2D eigenvalue weighted by atomic mass is 9.92. The number of carbonyl (C=O) groups is 1. The Bertz CT molecular complexity index is 265. The van der Waals surface area contributed by atoms with Gasteiger partial charge in [-0.2, -0.15) is 0 Å². The molecule has 0 aromatic carbocycles. The number of rotatable bonds is 2. The van der Waals surface area contributed by atoms with Gasteiger partial charge in [0.2, 0.25) is 5.91 Å². The molecule has 1 rings (SSSR count). The van der Waals surface area contributed by atoms with Gasteiger partial charge >= 0.3 is 0 Å². The fourth-order valence-electron chi connectivity index (χ4n) is 1.98. The molecule has 1 fully saturated rings. The van der Waals surface area contributed by atoms with Crippen LogP contribution in [-0.2, 0) is 4.79 Å². The molecule has 2 atom stereocenters. The quantitative estimate of drug-likeness (QED) is 0.308. The highest BCUT2D eigenvalue weighted by molar-refractivity contribution is 5.98. The molecule has 0 aromatic heterocycles. The number of amidine groups is 1. The first-order valence-corrected chi connectivity index (χ1v) is 5.32. The summed E-state index contributed by atoms with van der Waals surface area (Å²) >= 11 is 0. The fourth-order valence-corrected chi connectivity index (χ4v) is 1.98. The number of likely N-dealkylation sites (tertiary alicyclic amines) is 1. The molecule has 0 aliphatic carbocycles. The molecule has 1 heterocycles. The Balaban J connectivity index is 2.58. The highest BCUT2D eigenvalue weighted by Gasteiger charge is 2.28. The van der Waals surface area contributed by atoms with Crippen LogP contribution in [0.5, 0.6) is 0 Å². The van der Waals surface area contributed by atoms with Crippen LogP contribution in [0.3, 0.4) is 0 Å². The van der Waals surface area contributed by atoms with Crippen LogP contribution in [-0.4, -0.2) is 34.4 Å². The molecule has 15 heavy (non-hydrogen) atoms. The fraction of sp³-hybridized carbons (Fsp3) is 0.800. The zero-order valence-electron chi connectivity index (χ0n) is 9.31. The Kier molecular flexibility index (Phi) is 3.94. The lowest BCUT2D eigenvalue weighted by Gasteiger charge is -2.37. The summed E-state index contributed by atoms with van der Waals surface area (Å²) in [5.41, 5.74) is 5.31. The van der Waals surface area contributed by atoms with Gasteiger partial charge in [-0.15, -0.1) is 0 Å². The number of nitrogens with two attached hydrogens (primary N) is 1. The molecular weight excluding hydrogens is 194 g/mol. The maximum Gasteiger partial charge on any atom is 0.230 e. The highest BCUT2D eigenvalue weighted by Crippen LogP contribution is 2.23. The van der Waals surface area contributed by atoms with Crippen LogP contribution in [0.15, 0.2) is 5.16 Å². The Labute approximate surface area is 89.9 Å². The summed E-state index contributed by atoms with van der Waals surface area (Å²) in [6, 6.07) is 0.248. The second-order valence-corrected chi connectivity index (χ2v) is 4.22. The first-order chi connectivity index (χ1) is 7.06. The normalized spacial score (nSPS) is 27.9. The number of nitrogens with zero attached hydrogens (tertiary/aromatic N) is 2. The maximum atomic E-state index is 11.8. The minimum Gasteiger partial charge on any atom is -0.409 e. The first-order valence-electron chi connectivity index (χ1n) is 5.32. The Morgan fingerprint density at radius 3 is 2.87 bits per heavy atom. The average molecular weight is 213 g/mol. The van der Waals surface area contributed by atoms with Crippen LogP contribution < -0.4 is 5.73 Å². The first kappa shape index (κ1) is 11.8. The van der Waals surface area contributed by atoms with Crippen LogP contribution in [0.4, 0.5) is 0 Å². The van der Waals surface area contributed by atoms with E-state index >= 15 is 0 Å². The lowest BCUT2D eigenvalue weighted by Crippen LogP contribution is -2.47. The van der Waals surface area contributed by atoms with E-state index in [-0.39, 0.29) is 24.2 Å². The van der Waals surface area contributed by atoms with E-state index < -0.39 is 0 Å². The summed E-state index contributed by atoms with van der Waals surface area (Å²) in [6.07, 6.45) is 2.20. The molecule has 2 unspecified atom stereocenters. The summed E-state index contributed by atoms with van der Waals surface area (Å²) in [7, 11) is 0. The van der Waals surface area contributed by atoms with Gasteiger partial charge in [0.15, 0.2) is 0 Å². The van der Waals surface area contributed by atoms with E-state index in [0.29, 0.717) is 5.92 Å². The van der Waals surface area contributed by atoms with E-state index in [1.165, 1.54) is 0 Å². The van der Waals surface area contributed by atoms with E-state index in [2.05, 4.69) is 12.1 Å². The molecular formula is C10H19N3O2. The van der Waals surface area contributed by atoms with Crippen molar-refractivity contribution in [2.75, 3.05) is 6.54 Å². The number of amides is 1. The SMILES string of the molecule is CC1CCCN(C(=O)CC(N)=NO)C1C.